The van der Waals surface area contributed by atoms with Crippen LogP contribution in [0, 0.1) is 0 Å². The van der Waals surface area contributed by atoms with Crippen molar-refractivity contribution in [3.8, 4) is 5.69 Å². The van der Waals surface area contributed by atoms with E-state index < -0.39 is 0 Å². The highest BCUT2D eigenvalue weighted by molar-refractivity contribution is 7.98. The first-order chi connectivity index (χ1) is 13.7. The molecule has 0 saturated heterocycles. The lowest BCUT2D eigenvalue weighted by Gasteiger charge is -2.11. The summed E-state index contributed by atoms with van der Waals surface area (Å²) in [6.07, 6.45) is 1.49. The standard InChI is InChI=1S/C20H14ClN5OS/c21-12-4-3-5-13(8-12)26-19(14-10-28-11-18(14)25-26)24-20(27)17-9-22-15-6-1-2-7-16(15)23-17/h1-9H,10-11H2,(H,24,27). The molecule has 0 atom stereocenters. The molecule has 0 spiro atoms. The highest BCUT2D eigenvalue weighted by Crippen LogP contribution is 2.36. The van der Waals surface area contributed by atoms with E-state index in [0.29, 0.717) is 16.4 Å². The van der Waals surface area contributed by atoms with Crippen LogP contribution in [0.3, 0.4) is 0 Å². The second kappa shape index (κ2) is 6.92. The number of anilines is 1. The number of amides is 1. The van der Waals surface area contributed by atoms with Crippen molar-refractivity contribution in [2.45, 2.75) is 11.5 Å². The maximum Gasteiger partial charge on any atom is 0.277 e. The van der Waals surface area contributed by atoms with Crippen molar-refractivity contribution in [1.29, 1.82) is 0 Å². The van der Waals surface area contributed by atoms with Crippen LogP contribution in [-0.4, -0.2) is 25.7 Å². The Labute approximate surface area is 170 Å². The van der Waals surface area contributed by atoms with E-state index in [1.165, 1.54) is 6.20 Å². The summed E-state index contributed by atoms with van der Waals surface area (Å²) in [4.78, 5) is 21.7. The van der Waals surface area contributed by atoms with Gasteiger partial charge < -0.3 is 5.32 Å². The molecule has 0 bridgehead atoms. The molecule has 3 heterocycles. The zero-order valence-corrected chi connectivity index (χ0v) is 16.2. The average Bonchev–Trinajstić information content (AvgIpc) is 3.30. The molecule has 138 valence electrons. The molecule has 1 N–H and O–H groups in total. The van der Waals surface area contributed by atoms with Gasteiger partial charge in [0.05, 0.1) is 28.6 Å². The predicted molar refractivity (Wildman–Crippen MR) is 111 cm³/mol. The van der Waals surface area contributed by atoms with Crippen LogP contribution in [-0.2, 0) is 11.5 Å². The van der Waals surface area contributed by atoms with Crippen molar-refractivity contribution < 1.29 is 4.79 Å². The van der Waals surface area contributed by atoms with Crippen molar-refractivity contribution in [3.05, 3.63) is 76.7 Å². The Kier molecular flexibility index (Phi) is 4.26. The van der Waals surface area contributed by atoms with E-state index in [1.807, 2.05) is 42.5 Å². The lowest BCUT2D eigenvalue weighted by Crippen LogP contribution is -2.17. The van der Waals surface area contributed by atoms with Gasteiger partial charge >= 0.3 is 0 Å². The zero-order chi connectivity index (χ0) is 19.1. The second-order valence-electron chi connectivity index (χ2n) is 6.36. The van der Waals surface area contributed by atoms with Gasteiger partial charge in [0.2, 0.25) is 0 Å². The lowest BCUT2D eigenvalue weighted by molar-refractivity contribution is 0.102. The van der Waals surface area contributed by atoms with Crippen LogP contribution < -0.4 is 5.32 Å². The minimum Gasteiger partial charge on any atom is -0.305 e. The van der Waals surface area contributed by atoms with Crippen LogP contribution in [0.25, 0.3) is 16.7 Å². The highest BCUT2D eigenvalue weighted by atomic mass is 35.5. The molecule has 2 aromatic carbocycles. The fourth-order valence-corrected chi connectivity index (χ4v) is 4.39. The Morgan fingerprint density at radius 1 is 1.11 bits per heavy atom. The number of carbonyl (C=O) groups excluding carboxylic acids is 1. The number of fused-ring (bicyclic) bond motifs is 2. The summed E-state index contributed by atoms with van der Waals surface area (Å²) in [5.41, 5.74) is 4.50. The molecule has 6 nitrogen and oxygen atoms in total. The van der Waals surface area contributed by atoms with Gasteiger partial charge in [0.15, 0.2) is 0 Å². The smallest absolute Gasteiger partial charge is 0.277 e. The number of aromatic nitrogens is 4. The molecular weight excluding hydrogens is 394 g/mol. The first kappa shape index (κ1) is 17.2. The molecule has 0 aliphatic carbocycles. The third-order valence-corrected chi connectivity index (χ3v) is 5.72. The molecule has 0 radical (unpaired) electrons. The van der Waals surface area contributed by atoms with E-state index in [-0.39, 0.29) is 11.6 Å². The quantitative estimate of drug-likeness (QED) is 0.542. The minimum atomic E-state index is -0.318. The maximum atomic E-state index is 12.9. The van der Waals surface area contributed by atoms with E-state index in [9.17, 15) is 4.79 Å². The van der Waals surface area contributed by atoms with E-state index in [2.05, 4.69) is 20.4 Å². The first-order valence-electron chi connectivity index (χ1n) is 8.66. The van der Waals surface area contributed by atoms with E-state index in [1.54, 1.807) is 22.5 Å². The molecule has 0 saturated carbocycles. The number of nitrogens with zero attached hydrogens (tertiary/aromatic N) is 4. The van der Waals surface area contributed by atoms with Crippen LogP contribution in [0.15, 0.2) is 54.7 Å². The summed E-state index contributed by atoms with van der Waals surface area (Å²) in [5, 5.41) is 8.29. The third kappa shape index (κ3) is 3.02. The van der Waals surface area contributed by atoms with Gasteiger partial charge in [-0.15, -0.1) is 0 Å². The van der Waals surface area contributed by atoms with Crippen LogP contribution in [0.1, 0.15) is 21.7 Å². The number of para-hydroxylation sites is 2. The average molecular weight is 408 g/mol. The molecule has 5 rings (SSSR count). The Morgan fingerprint density at radius 2 is 1.96 bits per heavy atom. The van der Waals surface area contributed by atoms with Crippen molar-refractivity contribution in [1.82, 2.24) is 19.7 Å². The van der Waals surface area contributed by atoms with Crippen molar-refractivity contribution >= 4 is 46.1 Å². The maximum absolute atomic E-state index is 12.9. The Bertz CT molecular complexity index is 1220. The van der Waals surface area contributed by atoms with Gasteiger partial charge in [0.1, 0.15) is 11.5 Å². The summed E-state index contributed by atoms with van der Waals surface area (Å²) in [7, 11) is 0. The van der Waals surface area contributed by atoms with Crippen molar-refractivity contribution in [2.24, 2.45) is 0 Å². The summed E-state index contributed by atoms with van der Waals surface area (Å²) < 4.78 is 1.74. The van der Waals surface area contributed by atoms with Gasteiger partial charge in [0, 0.05) is 22.1 Å². The topological polar surface area (TPSA) is 72.7 Å². The van der Waals surface area contributed by atoms with E-state index >= 15 is 0 Å². The highest BCUT2D eigenvalue weighted by Gasteiger charge is 2.25. The fourth-order valence-electron chi connectivity index (χ4n) is 3.17. The molecule has 0 unspecified atom stereocenters. The van der Waals surface area contributed by atoms with Crippen LogP contribution in [0.4, 0.5) is 5.82 Å². The number of halogens is 1. The molecule has 2 aromatic heterocycles. The molecular formula is C20H14ClN5OS. The van der Waals surface area contributed by atoms with E-state index in [0.717, 1.165) is 34.0 Å². The van der Waals surface area contributed by atoms with E-state index in [4.69, 9.17) is 11.6 Å². The predicted octanol–water partition coefficient (Wildman–Crippen LogP) is 4.47. The van der Waals surface area contributed by atoms with Gasteiger partial charge in [-0.3, -0.25) is 9.78 Å². The first-order valence-corrected chi connectivity index (χ1v) is 10.2. The van der Waals surface area contributed by atoms with Crippen LogP contribution >= 0.6 is 23.4 Å². The summed E-state index contributed by atoms with van der Waals surface area (Å²) in [5.74, 6) is 1.96. The van der Waals surface area contributed by atoms with Crippen molar-refractivity contribution in [2.75, 3.05) is 5.32 Å². The Morgan fingerprint density at radius 3 is 2.82 bits per heavy atom. The molecule has 8 heteroatoms. The second-order valence-corrected chi connectivity index (χ2v) is 7.78. The number of rotatable bonds is 3. The molecule has 1 aliphatic heterocycles. The Hall–Kier alpha value is -2.90. The molecule has 1 aliphatic rings. The summed E-state index contributed by atoms with van der Waals surface area (Å²) in [6.45, 7) is 0. The minimum absolute atomic E-state index is 0.261. The molecule has 0 fully saturated rings. The third-order valence-electron chi connectivity index (χ3n) is 4.52. The summed E-state index contributed by atoms with van der Waals surface area (Å²) in [6, 6.07) is 14.9. The van der Waals surface area contributed by atoms with Gasteiger partial charge in [0.25, 0.3) is 5.91 Å². The summed E-state index contributed by atoms with van der Waals surface area (Å²) >= 11 is 7.92. The lowest BCUT2D eigenvalue weighted by atomic mass is 10.2. The molecule has 1 amide bonds. The van der Waals surface area contributed by atoms with Crippen LogP contribution in [0.2, 0.25) is 5.02 Å². The number of hydrogen-bond acceptors (Lipinski definition) is 5. The monoisotopic (exact) mass is 407 g/mol. The number of thioether (sulfide) groups is 1. The Balaban J connectivity index is 1.54. The normalized spacial score (nSPS) is 12.9. The number of hydrogen-bond donors (Lipinski definition) is 1. The van der Waals surface area contributed by atoms with Gasteiger partial charge in [-0.25, -0.2) is 9.67 Å². The van der Waals surface area contributed by atoms with Crippen LogP contribution in [0.5, 0.6) is 0 Å². The van der Waals surface area contributed by atoms with Crippen molar-refractivity contribution in [3.63, 3.8) is 0 Å². The molecule has 4 aromatic rings. The zero-order valence-electron chi connectivity index (χ0n) is 14.6. The SMILES string of the molecule is O=C(Nc1c2c(nn1-c1cccc(Cl)c1)CSC2)c1cnc2ccccc2n1. The number of benzene rings is 2. The fraction of sp³-hybridized carbons (Fsp3) is 0.100. The number of nitrogens with one attached hydrogen (secondary N) is 1. The van der Waals surface area contributed by atoms with Gasteiger partial charge in [-0.1, -0.05) is 29.8 Å². The van der Waals surface area contributed by atoms with Gasteiger partial charge in [-0.2, -0.15) is 16.9 Å². The largest absolute Gasteiger partial charge is 0.305 e. The number of carbonyl (C=O) groups is 1. The molecule has 28 heavy (non-hydrogen) atoms. The van der Waals surface area contributed by atoms with Gasteiger partial charge in [-0.05, 0) is 30.3 Å².